The molecule has 1 nitrogen and oxygen atoms in total. The van der Waals surface area contributed by atoms with Crippen molar-refractivity contribution in [3.05, 3.63) is 12.2 Å². The lowest BCUT2D eigenvalue weighted by Gasteiger charge is -2.19. The van der Waals surface area contributed by atoms with Gasteiger partial charge in [0.1, 0.15) is 0 Å². The van der Waals surface area contributed by atoms with Crippen molar-refractivity contribution in [3.8, 4) is 12.8 Å². The van der Waals surface area contributed by atoms with Gasteiger partial charge < -0.3 is 5.11 Å². The number of hydrogen-bond acceptors (Lipinski definition) is 1. The minimum Gasteiger partial charge on any atom is -0.393 e. The van der Waals surface area contributed by atoms with Gasteiger partial charge in [0, 0.05) is 0 Å². The highest BCUT2D eigenvalue weighted by atomic mass is 16.3. The Bertz CT molecular complexity index is 147. The summed E-state index contributed by atoms with van der Waals surface area (Å²) in [5.41, 5.74) is 0. The van der Waals surface area contributed by atoms with E-state index in [1.54, 1.807) is 0 Å². The molecule has 0 aromatic rings. The molecule has 0 aromatic heterocycles. The maximum atomic E-state index is 9.72. The molecule has 14 heavy (non-hydrogen) atoms. The van der Waals surface area contributed by atoms with E-state index in [-0.39, 0.29) is 6.10 Å². The molecule has 0 saturated carbocycles. The first kappa shape index (κ1) is 15.7. The molecule has 0 fully saturated rings. The summed E-state index contributed by atoms with van der Waals surface area (Å²) in [5.74, 6) is 0.492. The van der Waals surface area contributed by atoms with Crippen molar-refractivity contribution in [1.82, 2.24) is 0 Å². The van der Waals surface area contributed by atoms with Crippen LogP contribution in [0.2, 0.25) is 0 Å². The standard InChI is InChI=1S/C11H22O.C2H2/c1-4-7-9-11(12)10(6-3)8-5-2;1-2/h4,7,10-12H,5-6,8-9H2,1-3H3;1-2H/b7-4-;/t10?,11-;/m0./s1. The molecule has 0 saturated heterocycles. The molecule has 1 unspecified atom stereocenters. The fraction of sp³-hybridized carbons (Fsp3) is 0.692. The zero-order valence-corrected chi connectivity index (χ0v) is 9.74. The minimum absolute atomic E-state index is 0.133. The summed E-state index contributed by atoms with van der Waals surface area (Å²) in [4.78, 5) is 0. The van der Waals surface area contributed by atoms with E-state index >= 15 is 0 Å². The zero-order valence-electron chi connectivity index (χ0n) is 9.74. The summed E-state index contributed by atoms with van der Waals surface area (Å²) in [7, 11) is 0. The first-order chi connectivity index (χ1) is 6.76. The van der Waals surface area contributed by atoms with Crippen LogP contribution in [0.1, 0.15) is 46.5 Å². The van der Waals surface area contributed by atoms with Crippen molar-refractivity contribution in [3.63, 3.8) is 0 Å². The molecule has 0 radical (unpaired) electrons. The van der Waals surface area contributed by atoms with Crippen LogP contribution >= 0.6 is 0 Å². The van der Waals surface area contributed by atoms with E-state index in [9.17, 15) is 5.11 Å². The van der Waals surface area contributed by atoms with Crippen LogP contribution in [0.5, 0.6) is 0 Å². The van der Waals surface area contributed by atoms with Crippen molar-refractivity contribution in [2.24, 2.45) is 5.92 Å². The fourth-order valence-corrected chi connectivity index (χ4v) is 1.51. The fourth-order valence-electron chi connectivity index (χ4n) is 1.51. The van der Waals surface area contributed by atoms with Crippen LogP contribution in [0, 0.1) is 18.8 Å². The summed E-state index contributed by atoms with van der Waals surface area (Å²) >= 11 is 0. The predicted octanol–water partition coefficient (Wildman–Crippen LogP) is 3.39. The third-order valence-corrected chi connectivity index (χ3v) is 2.34. The van der Waals surface area contributed by atoms with Crippen molar-refractivity contribution in [2.45, 2.75) is 52.6 Å². The van der Waals surface area contributed by atoms with Crippen LogP contribution in [0.3, 0.4) is 0 Å². The number of terminal acetylenes is 1. The van der Waals surface area contributed by atoms with Gasteiger partial charge in [-0.05, 0) is 25.7 Å². The lowest BCUT2D eigenvalue weighted by atomic mass is 9.92. The Kier molecular flexibility index (Phi) is 13.8. The third-order valence-electron chi connectivity index (χ3n) is 2.34. The van der Waals surface area contributed by atoms with Crippen LogP contribution in [-0.2, 0) is 0 Å². The molecule has 1 N–H and O–H groups in total. The van der Waals surface area contributed by atoms with E-state index in [4.69, 9.17) is 0 Å². The van der Waals surface area contributed by atoms with E-state index in [1.165, 1.54) is 6.42 Å². The molecule has 0 bridgehead atoms. The van der Waals surface area contributed by atoms with Crippen LogP contribution in [0.15, 0.2) is 12.2 Å². The van der Waals surface area contributed by atoms with Crippen LogP contribution in [0.25, 0.3) is 0 Å². The smallest absolute Gasteiger partial charge is 0.0602 e. The molecule has 0 rings (SSSR count). The summed E-state index contributed by atoms with van der Waals surface area (Å²) in [6, 6.07) is 0. The second kappa shape index (κ2) is 12.3. The number of aliphatic hydroxyl groups excluding tert-OH is 1. The molecule has 0 aliphatic carbocycles. The number of aliphatic hydroxyl groups is 1. The Hall–Kier alpha value is -0.740. The second-order valence-electron chi connectivity index (χ2n) is 3.33. The van der Waals surface area contributed by atoms with Crippen molar-refractivity contribution >= 4 is 0 Å². The Morgan fingerprint density at radius 3 is 2.21 bits per heavy atom. The number of rotatable bonds is 6. The molecule has 0 aliphatic heterocycles. The van der Waals surface area contributed by atoms with Crippen LogP contribution in [0.4, 0.5) is 0 Å². The van der Waals surface area contributed by atoms with Gasteiger partial charge in [0.2, 0.25) is 0 Å². The topological polar surface area (TPSA) is 20.2 Å². The predicted molar refractivity (Wildman–Crippen MR) is 64.0 cm³/mol. The SMILES string of the molecule is C#C.C/C=C\C[C@H](O)C(CC)CCC. The van der Waals surface area contributed by atoms with E-state index < -0.39 is 0 Å². The maximum Gasteiger partial charge on any atom is 0.0602 e. The van der Waals surface area contributed by atoms with E-state index in [2.05, 4.69) is 26.7 Å². The van der Waals surface area contributed by atoms with Gasteiger partial charge in [0.15, 0.2) is 0 Å². The Morgan fingerprint density at radius 2 is 1.86 bits per heavy atom. The highest BCUT2D eigenvalue weighted by Gasteiger charge is 2.14. The second-order valence-corrected chi connectivity index (χ2v) is 3.33. The Morgan fingerprint density at radius 1 is 1.29 bits per heavy atom. The lowest BCUT2D eigenvalue weighted by molar-refractivity contribution is 0.102. The first-order valence-corrected chi connectivity index (χ1v) is 5.38. The highest BCUT2D eigenvalue weighted by molar-refractivity contribution is 4.82. The lowest BCUT2D eigenvalue weighted by Crippen LogP contribution is -2.18. The summed E-state index contributed by atoms with van der Waals surface area (Å²) in [6.45, 7) is 6.32. The highest BCUT2D eigenvalue weighted by Crippen LogP contribution is 2.18. The Labute approximate surface area is 89.2 Å². The molecule has 0 amide bonds. The van der Waals surface area contributed by atoms with Gasteiger partial charge in [-0.25, -0.2) is 0 Å². The Balaban J connectivity index is 0. The van der Waals surface area contributed by atoms with E-state index in [0.29, 0.717) is 5.92 Å². The van der Waals surface area contributed by atoms with E-state index in [1.807, 2.05) is 19.1 Å². The summed E-state index contributed by atoms with van der Waals surface area (Å²) in [5, 5.41) is 9.72. The molecular weight excluding hydrogens is 172 g/mol. The monoisotopic (exact) mass is 196 g/mol. The van der Waals surface area contributed by atoms with Gasteiger partial charge in [0.25, 0.3) is 0 Å². The molecule has 0 aromatic carbocycles. The normalized spacial score (nSPS) is 14.4. The summed E-state index contributed by atoms with van der Waals surface area (Å²) < 4.78 is 0. The molecular formula is C13H24O. The van der Waals surface area contributed by atoms with Crippen molar-refractivity contribution in [1.29, 1.82) is 0 Å². The molecule has 0 spiro atoms. The molecule has 0 heterocycles. The van der Waals surface area contributed by atoms with Crippen LogP contribution < -0.4 is 0 Å². The summed E-state index contributed by atoms with van der Waals surface area (Å²) in [6.07, 6.45) is 16.1. The van der Waals surface area contributed by atoms with Gasteiger partial charge in [-0.1, -0.05) is 38.8 Å². The largest absolute Gasteiger partial charge is 0.393 e. The average Bonchev–Trinajstić information content (AvgIpc) is 2.25. The van der Waals surface area contributed by atoms with Crippen LogP contribution in [-0.4, -0.2) is 11.2 Å². The number of allylic oxidation sites excluding steroid dienone is 1. The van der Waals surface area contributed by atoms with Gasteiger partial charge in [-0.3, -0.25) is 0 Å². The van der Waals surface area contributed by atoms with E-state index in [0.717, 1.165) is 19.3 Å². The average molecular weight is 196 g/mol. The maximum absolute atomic E-state index is 9.72. The molecule has 0 aliphatic rings. The number of hydrogen-bond donors (Lipinski definition) is 1. The molecule has 2 atom stereocenters. The molecule has 82 valence electrons. The van der Waals surface area contributed by atoms with Gasteiger partial charge >= 0.3 is 0 Å². The zero-order chi connectivity index (χ0) is 11.4. The third kappa shape index (κ3) is 7.89. The quantitative estimate of drug-likeness (QED) is 0.510. The van der Waals surface area contributed by atoms with Gasteiger partial charge in [-0.15, -0.1) is 12.8 Å². The van der Waals surface area contributed by atoms with Gasteiger partial charge in [-0.2, -0.15) is 0 Å². The molecule has 1 heteroatoms. The van der Waals surface area contributed by atoms with Crippen molar-refractivity contribution in [2.75, 3.05) is 0 Å². The minimum atomic E-state index is -0.133. The van der Waals surface area contributed by atoms with Crippen molar-refractivity contribution < 1.29 is 5.11 Å². The van der Waals surface area contributed by atoms with Gasteiger partial charge in [0.05, 0.1) is 6.10 Å². The first-order valence-electron chi connectivity index (χ1n) is 5.38.